The molecule has 3 aromatic heterocycles. The Morgan fingerprint density at radius 1 is 1.30 bits per heavy atom. The van der Waals surface area contributed by atoms with Crippen LogP contribution in [0.25, 0.3) is 11.5 Å². The molecule has 1 N–H and O–H groups in total. The zero-order valence-corrected chi connectivity index (χ0v) is 11.8. The van der Waals surface area contributed by atoms with Gasteiger partial charge in [-0.15, -0.1) is 0 Å². The van der Waals surface area contributed by atoms with E-state index >= 15 is 0 Å². The monoisotopic (exact) mass is 286 g/mol. The van der Waals surface area contributed by atoms with E-state index in [1.807, 2.05) is 46.8 Å². The van der Waals surface area contributed by atoms with Crippen LogP contribution in [0.1, 0.15) is 5.56 Å². The molecule has 0 aromatic carbocycles. The highest BCUT2D eigenvalue weighted by Crippen LogP contribution is 2.13. The van der Waals surface area contributed by atoms with Gasteiger partial charge in [0.1, 0.15) is 5.69 Å². The first-order valence-corrected chi connectivity index (χ1v) is 6.70. The summed E-state index contributed by atoms with van der Waals surface area (Å²) < 4.78 is 4.43. The maximum atomic E-state index is 5.28. The van der Waals surface area contributed by atoms with E-state index in [1.54, 1.807) is 6.20 Å². The van der Waals surface area contributed by atoms with Crippen LogP contribution in [-0.2, 0) is 13.1 Å². The van der Waals surface area contributed by atoms with E-state index in [0.717, 1.165) is 23.6 Å². The molecule has 0 aliphatic carbocycles. The lowest BCUT2D eigenvalue weighted by atomic mass is 10.3. The summed E-state index contributed by atoms with van der Waals surface area (Å²) in [6, 6.07) is 5.72. The van der Waals surface area contributed by atoms with Crippen LogP contribution in [0.2, 0.25) is 0 Å². The third kappa shape index (κ3) is 2.53. The number of pyridine rings is 1. The molecule has 0 radical (unpaired) electrons. The van der Waals surface area contributed by atoms with Gasteiger partial charge in [0, 0.05) is 18.9 Å². The van der Waals surface area contributed by atoms with Gasteiger partial charge in [0.2, 0.25) is 0 Å². The van der Waals surface area contributed by atoms with Crippen molar-refractivity contribution in [1.29, 1.82) is 0 Å². The molecule has 0 atom stereocenters. The molecule has 3 rings (SSSR count). The van der Waals surface area contributed by atoms with Crippen molar-refractivity contribution < 1.29 is 0 Å². The largest absolute Gasteiger partial charge is 0.297 e. The van der Waals surface area contributed by atoms with E-state index in [1.165, 1.54) is 0 Å². The molecule has 0 unspecified atom stereocenters. The van der Waals surface area contributed by atoms with Crippen molar-refractivity contribution in [2.45, 2.75) is 20.0 Å². The second-order valence-electron chi connectivity index (χ2n) is 4.50. The van der Waals surface area contributed by atoms with Crippen molar-refractivity contribution in [1.82, 2.24) is 29.5 Å². The fourth-order valence-corrected chi connectivity index (χ4v) is 2.23. The number of hydrogen-bond donors (Lipinski definition) is 1. The van der Waals surface area contributed by atoms with Crippen LogP contribution in [0.3, 0.4) is 0 Å². The lowest BCUT2D eigenvalue weighted by Gasteiger charge is -2.06. The molecule has 7 heteroatoms. The number of aryl methyl sites for hydroxylation is 2. The lowest BCUT2D eigenvalue weighted by Crippen LogP contribution is -2.09. The minimum absolute atomic E-state index is 0.592. The summed E-state index contributed by atoms with van der Waals surface area (Å²) in [6.45, 7) is 3.45. The first kappa shape index (κ1) is 12.7. The van der Waals surface area contributed by atoms with Crippen LogP contribution in [0.5, 0.6) is 0 Å². The number of nitrogens with zero attached hydrogens (tertiary/aromatic N) is 5. The highest BCUT2D eigenvalue weighted by molar-refractivity contribution is 7.71. The molecule has 0 bridgehead atoms. The van der Waals surface area contributed by atoms with Crippen molar-refractivity contribution in [3.8, 4) is 11.5 Å². The summed E-state index contributed by atoms with van der Waals surface area (Å²) in [5.41, 5.74) is 1.95. The molecular formula is C13H14N6S. The Bertz CT molecular complexity index is 755. The summed E-state index contributed by atoms with van der Waals surface area (Å²) in [5.74, 6) is 0.750. The quantitative estimate of drug-likeness (QED) is 0.747. The smallest absolute Gasteiger partial charge is 0.195 e. The highest BCUT2D eigenvalue weighted by atomic mass is 32.1. The van der Waals surface area contributed by atoms with Crippen LogP contribution in [-0.4, -0.2) is 29.5 Å². The van der Waals surface area contributed by atoms with Gasteiger partial charge in [-0.2, -0.15) is 10.2 Å². The summed E-state index contributed by atoms with van der Waals surface area (Å²) >= 11 is 5.28. The zero-order chi connectivity index (χ0) is 13.9. The van der Waals surface area contributed by atoms with Gasteiger partial charge in [0.15, 0.2) is 10.6 Å². The molecule has 20 heavy (non-hydrogen) atoms. The molecule has 6 nitrogen and oxygen atoms in total. The fourth-order valence-electron chi connectivity index (χ4n) is 2.01. The predicted octanol–water partition coefficient (Wildman–Crippen LogP) is 2.21. The normalized spacial score (nSPS) is 10.8. The topological polar surface area (TPSA) is 64.3 Å². The van der Waals surface area contributed by atoms with E-state index in [2.05, 4.69) is 20.3 Å². The SMILES string of the molecule is Cc1cnn(CCn2c(-c3ccccn3)n[nH]c2=S)c1. The van der Waals surface area contributed by atoms with Gasteiger partial charge in [-0.3, -0.25) is 19.3 Å². The Balaban J connectivity index is 1.86. The van der Waals surface area contributed by atoms with Gasteiger partial charge in [-0.05, 0) is 36.8 Å². The number of nitrogens with one attached hydrogen (secondary N) is 1. The second-order valence-corrected chi connectivity index (χ2v) is 4.89. The Morgan fingerprint density at radius 2 is 2.20 bits per heavy atom. The molecule has 102 valence electrons. The maximum Gasteiger partial charge on any atom is 0.195 e. The maximum absolute atomic E-state index is 5.28. The minimum Gasteiger partial charge on any atom is -0.297 e. The zero-order valence-electron chi connectivity index (χ0n) is 11.0. The van der Waals surface area contributed by atoms with Crippen molar-refractivity contribution in [2.75, 3.05) is 0 Å². The van der Waals surface area contributed by atoms with E-state index in [4.69, 9.17) is 12.2 Å². The van der Waals surface area contributed by atoms with Crippen molar-refractivity contribution in [3.63, 3.8) is 0 Å². The molecule has 0 aliphatic heterocycles. The number of rotatable bonds is 4. The summed E-state index contributed by atoms with van der Waals surface area (Å²) in [6.07, 6.45) is 5.59. The number of aromatic nitrogens is 6. The van der Waals surface area contributed by atoms with Gasteiger partial charge in [0.25, 0.3) is 0 Å². The molecule has 0 saturated heterocycles. The third-order valence-electron chi connectivity index (χ3n) is 2.97. The van der Waals surface area contributed by atoms with Crippen LogP contribution in [0.15, 0.2) is 36.8 Å². The average Bonchev–Trinajstić information content (AvgIpc) is 3.04. The number of H-pyrrole nitrogens is 1. The Morgan fingerprint density at radius 3 is 2.90 bits per heavy atom. The molecule has 0 spiro atoms. The summed E-state index contributed by atoms with van der Waals surface area (Å²) in [7, 11) is 0. The van der Waals surface area contributed by atoms with Gasteiger partial charge < -0.3 is 0 Å². The molecule has 3 heterocycles. The number of aromatic amines is 1. The molecule has 0 amide bonds. The van der Waals surface area contributed by atoms with Gasteiger partial charge in [-0.25, -0.2) is 0 Å². The standard InChI is InChI=1S/C13H14N6S/c1-10-8-15-18(9-10)6-7-19-12(16-17-13(19)20)11-4-2-3-5-14-11/h2-5,8-9H,6-7H2,1H3,(H,17,20). The molecule has 0 aliphatic rings. The van der Waals surface area contributed by atoms with Crippen LogP contribution >= 0.6 is 12.2 Å². The summed E-state index contributed by atoms with van der Waals surface area (Å²) in [5, 5.41) is 11.4. The third-order valence-corrected chi connectivity index (χ3v) is 3.28. The first-order valence-electron chi connectivity index (χ1n) is 6.30. The van der Waals surface area contributed by atoms with Gasteiger partial charge >= 0.3 is 0 Å². The Hall–Kier alpha value is -2.28. The van der Waals surface area contributed by atoms with Crippen molar-refractivity contribution in [2.24, 2.45) is 0 Å². The van der Waals surface area contributed by atoms with E-state index < -0.39 is 0 Å². The lowest BCUT2D eigenvalue weighted by molar-refractivity contribution is 0.531. The van der Waals surface area contributed by atoms with Crippen LogP contribution in [0, 0.1) is 11.7 Å². The fraction of sp³-hybridized carbons (Fsp3) is 0.231. The Kier molecular flexibility index (Phi) is 3.42. The first-order chi connectivity index (χ1) is 9.74. The Labute approximate surface area is 121 Å². The minimum atomic E-state index is 0.592. The second kappa shape index (κ2) is 5.38. The van der Waals surface area contributed by atoms with Crippen LogP contribution < -0.4 is 0 Å². The summed E-state index contributed by atoms with van der Waals surface area (Å²) in [4.78, 5) is 4.31. The van der Waals surface area contributed by atoms with Crippen molar-refractivity contribution >= 4 is 12.2 Å². The highest BCUT2D eigenvalue weighted by Gasteiger charge is 2.09. The predicted molar refractivity (Wildman–Crippen MR) is 77.6 cm³/mol. The van der Waals surface area contributed by atoms with Gasteiger partial charge in [0.05, 0.1) is 12.7 Å². The number of hydrogen-bond acceptors (Lipinski definition) is 4. The van der Waals surface area contributed by atoms with Crippen LogP contribution in [0.4, 0.5) is 0 Å². The molecule has 0 fully saturated rings. The van der Waals surface area contributed by atoms with E-state index in [-0.39, 0.29) is 0 Å². The molecular weight excluding hydrogens is 272 g/mol. The van der Waals surface area contributed by atoms with E-state index in [0.29, 0.717) is 11.3 Å². The van der Waals surface area contributed by atoms with Crippen molar-refractivity contribution in [3.05, 3.63) is 47.1 Å². The molecule has 0 saturated carbocycles. The van der Waals surface area contributed by atoms with Gasteiger partial charge in [-0.1, -0.05) is 6.07 Å². The molecule has 3 aromatic rings. The average molecular weight is 286 g/mol. The van der Waals surface area contributed by atoms with E-state index in [9.17, 15) is 0 Å².